The lowest BCUT2D eigenvalue weighted by Gasteiger charge is -2.00. The van der Waals surface area contributed by atoms with Gasteiger partial charge in [0, 0.05) is 0 Å². The van der Waals surface area contributed by atoms with E-state index < -0.39 is 23.3 Å². The minimum atomic E-state index is -1.59. The molecule has 60 valence electrons. The van der Waals surface area contributed by atoms with Crippen LogP contribution >= 0.6 is 0 Å². The number of nitrogens with one attached hydrogen (secondary N) is 1. The Morgan fingerprint density at radius 1 is 1.27 bits per heavy atom. The van der Waals surface area contributed by atoms with Crippen molar-refractivity contribution in [2.45, 2.75) is 0 Å². The summed E-state index contributed by atoms with van der Waals surface area (Å²) in [6.45, 7) is 0. The third-order valence-electron chi connectivity index (χ3n) is 1.05. The van der Waals surface area contributed by atoms with Gasteiger partial charge in [0.15, 0.2) is 17.5 Å². The molecule has 1 heterocycles. The fourth-order valence-electron chi connectivity index (χ4n) is 0.544. The van der Waals surface area contributed by atoms with Crippen molar-refractivity contribution >= 4 is 5.82 Å². The molecule has 0 fully saturated rings. The molecule has 0 amide bonds. The average Bonchev–Trinajstić information content (AvgIpc) is 2.01. The maximum atomic E-state index is 12.4. The van der Waals surface area contributed by atoms with E-state index in [2.05, 4.69) is 4.98 Å². The zero-order valence-corrected chi connectivity index (χ0v) is 5.24. The van der Waals surface area contributed by atoms with Gasteiger partial charge in [0.1, 0.15) is 0 Å². The first-order valence-corrected chi connectivity index (χ1v) is 2.63. The Labute approximate surface area is 60.0 Å². The maximum absolute atomic E-state index is 12.4. The summed E-state index contributed by atoms with van der Waals surface area (Å²) in [4.78, 5) is 3.13. The molecule has 0 aliphatic heterocycles. The number of hydrogen-bond donors (Lipinski definition) is 2. The van der Waals surface area contributed by atoms with Crippen LogP contribution in [-0.4, -0.2) is 4.98 Å². The highest BCUT2D eigenvalue weighted by Gasteiger charge is 2.13. The predicted molar refractivity (Wildman–Crippen MR) is 31.9 cm³/mol. The first kappa shape index (κ1) is 7.80. The molecule has 0 saturated heterocycles. The van der Waals surface area contributed by atoms with Crippen LogP contribution in [0.2, 0.25) is 0 Å². The van der Waals surface area contributed by atoms with Gasteiger partial charge in [-0.05, 0) is 0 Å². The smallest absolute Gasteiger partial charge is 0.205 e. The van der Waals surface area contributed by atoms with E-state index in [4.69, 9.17) is 5.84 Å². The summed E-state index contributed by atoms with van der Waals surface area (Å²) in [5.41, 5.74) is 1.77. The molecule has 1 aromatic heterocycles. The van der Waals surface area contributed by atoms with Gasteiger partial charge in [0.05, 0.1) is 6.20 Å². The normalized spacial score (nSPS) is 9.82. The van der Waals surface area contributed by atoms with Gasteiger partial charge in [-0.3, -0.25) is 0 Å². The molecule has 1 rings (SSSR count). The van der Waals surface area contributed by atoms with Gasteiger partial charge in [-0.1, -0.05) is 0 Å². The van der Waals surface area contributed by atoms with Gasteiger partial charge < -0.3 is 5.43 Å². The molecule has 0 atom stereocenters. The first-order chi connectivity index (χ1) is 5.16. The Bertz CT molecular complexity index is 276. The number of nitrogens with two attached hydrogens (primary N) is 1. The second-order valence-electron chi connectivity index (χ2n) is 1.73. The van der Waals surface area contributed by atoms with E-state index in [0.29, 0.717) is 6.20 Å². The number of nitrogens with zero attached hydrogens (tertiary/aromatic N) is 1. The summed E-state index contributed by atoms with van der Waals surface area (Å²) >= 11 is 0. The van der Waals surface area contributed by atoms with Crippen LogP contribution < -0.4 is 11.3 Å². The molecule has 0 spiro atoms. The zero-order chi connectivity index (χ0) is 8.43. The lowest BCUT2D eigenvalue weighted by atomic mass is 10.4. The van der Waals surface area contributed by atoms with E-state index in [0.717, 1.165) is 0 Å². The highest BCUT2D eigenvalue weighted by Crippen LogP contribution is 2.14. The summed E-state index contributed by atoms with van der Waals surface area (Å²) in [5, 5.41) is 0. The molecular weight excluding hydrogens is 159 g/mol. The largest absolute Gasteiger partial charge is 0.306 e. The molecule has 0 aromatic carbocycles. The quantitative estimate of drug-likeness (QED) is 0.475. The van der Waals surface area contributed by atoms with Crippen LogP contribution in [0.3, 0.4) is 0 Å². The zero-order valence-electron chi connectivity index (χ0n) is 5.24. The van der Waals surface area contributed by atoms with Gasteiger partial charge in [-0.25, -0.2) is 19.6 Å². The lowest BCUT2D eigenvalue weighted by molar-refractivity contribution is 0.443. The van der Waals surface area contributed by atoms with Crippen LogP contribution in [-0.2, 0) is 0 Å². The number of rotatable bonds is 1. The molecule has 0 saturated carbocycles. The van der Waals surface area contributed by atoms with Crippen LogP contribution in [0.15, 0.2) is 6.20 Å². The van der Waals surface area contributed by atoms with Crippen molar-refractivity contribution in [3.63, 3.8) is 0 Å². The van der Waals surface area contributed by atoms with Crippen molar-refractivity contribution in [1.29, 1.82) is 0 Å². The van der Waals surface area contributed by atoms with E-state index in [-0.39, 0.29) is 0 Å². The number of hydrogen-bond acceptors (Lipinski definition) is 3. The molecule has 11 heavy (non-hydrogen) atoms. The topological polar surface area (TPSA) is 50.9 Å². The van der Waals surface area contributed by atoms with Crippen LogP contribution in [0.25, 0.3) is 0 Å². The fraction of sp³-hybridized carbons (Fsp3) is 0. The lowest BCUT2D eigenvalue weighted by Crippen LogP contribution is -2.12. The summed E-state index contributed by atoms with van der Waals surface area (Å²) in [5.74, 6) is -0.155. The molecule has 1 aromatic rings. The van der Waals surface area contributed by atoms with E-state index in [1.54, 1.807) is 5.43 Å². The Hall–Kier alpha value is -1.30. The highest BCUT2D eigenvalue weighted by atomic mass is 19.2. The third-order valence-corrected chi connectivity index (χ3v) is 1.05. The molecule has 3 N–H and O–H groups in total. The van der Waals surface area contributed by atoms with E-state index in [9.17, 15) is 13.2 Å². The van der Waals surface area contributed by atoms with Crippen molar-refractivity contribution in [2.24, 2.45) is 5.84 Å². The van der Waals surface area contributed by atoms with Crippen molar-refractivity contribution in [2.75, 3.05) is 5.43 Å². The second-order valence-corrected chi connectivity index (χ2v) is 1.73. The number of aromatic nitrogens is 1. The number of nitrogen functional groups attached to an aromatic ring is 1. The molecular formula is C5H4F3N3. The molecule has 3 nitrogen and oxygen atoms in total. The predicted octanol–water partition coefficient (Wildman–Crippen LogP) is 0.784. The molecule has 0 radical (unpaired) electrons. The molecule has 0 aliphatic rings. The molecule has 0 unspecified atom stereocenters. The van der Waals surface area contributed by atoms with Gasteiger partial charge in [-0.2, -0.15) is 4.39 Å². The number of hydrazine groups is 1. The SMILES string of the molecule is NNc1ncc(F)c(F)c1F. The standard InChI is InChI=1S/C5H4F3N3/c6-2-1-10-5(11-9)4(8)3(2)7/h1H,9H2,(H,10,11). The van der Waals surface area contributed by atoms with Crippen LogP contribution in [0.4, 0.5) is 19.0 Å². The van der Waals surface area contributed by atoms with Crippen molar-refractivity contribution in [1.82, 2.24) is 4.98 Å². The van der Waals surface area contributed by atoms with Gasteiger partial charge in [0.2, 0.25) is 5.82 Å². The highest BCUT2D eigenvalue weighted by molar-refractivity contribution is 5.34. The van der Waals surface area contributed by atoms with Crippen LogP contribution in [0.5, 0.6) is 0 Å². The Balaban J connectivity index is 3.25. The summed E-state index contributed by atoms with van der Waals surface area (Å²) in [7, 11) is 0. The van der Waals surface area contributed by atoms with Crippen molar-refractivity contribution < 1.29 is 13.2 Å². The number of halogens is 3. The van der Waals surface area contributed by atoms with Gasteiger partial charge >= 0.3 is 0 Å². The van der Waals surface area contributed by atoms with Crippen LogP contribution in [0, 0.1) is 17.5 Å². The van der Waals surface area contributed by atoms with E-state index in [1.807, 2.05) is 0 Å². The first-order valence-electron chi connectivity index (χ1n) is 2.63. The average molecular weight is 163 g/mol. The monoisotopic (exact) mass is 163 g/mol. The Morgan fingerprint density at radius 2 is 1.91 bits per heavy atom. The molecule has 0 aliphatic carbocycles. The van der Waals surface area contributed by atoms with Gasteiger partial charge in [0.25, 0.3) is 0 Å². The van der Waals surface area contributed by atoms with Crippen molar-refractivity contribution in [3.8, 4) is 0 Å². The van der Waals surface area contributed by atoms with E-state index >= 15 is 0 Å². The van der Waals surface area contributed by atoms with Gasteiger partial charge in [-0.15, -0.1) is 0 Å². The number of anilines is 1. The Kier molecular flexibility index (Phi) is 1.95. The Morgan fingerprint density at radius 3 is 2.45 bits per heavy atom. The summed E-state index contributed by atoms with van der Waals surface area (Å²) in [6.07, 6.45) is 0.535. The minimum absolute atomic E-state index is 0.524. The minimum Gasteiger partial charge on any atom is -0.306 e. The van der Waals surface area contributed by atoms with E-state index in [1.165, 1.54) is 0 Å². The summed E-state index contributed by atoms with van der Waals surface area (Å²) in [6, 6.07) is 0. The number of pyridine rings is 1. The van der Waals surface area contributed by atoms with Crippen LogP contribution in [0.1, 0.15) is 0 Å². The van der Waals surface area contributed by atoms with Crippen molar-refractivity contribution in [3.05, 3.63) is 23.6 Å². The third kappa shape index (κ3) is 1.25. The molecule has 0 bridgehead atoms. The maximum Gasteiger partial charge on any atom is 0.205 e. The molecule has 6 heteroatoms. The fourth-order valence-corrected chi connectivity index (χ4v) is 0.544. The summed E-state index contributed by atoms with van der Waals surface area (Å²) < 4.78 is 36.9. The second kappa shape index (κ2) is 2.75.